The Morgan fingerprint density at radius 2 is 2.00 bits per heavy atom. The van der Waals surface area contributed by atoms with E-state index >= 15 is 0 Å². The predicted molar refractivity (Wildman–Crippen MR) is 88.6 cm³/mol. The second kappa shape index (κ2) is 7.73. The van der Waals surface area contributed by atoms with Gasteiger partial charge in [0, 0.05) is 13.0 Å². The Hall–Kier alpha value is -3.42. The molecule has 124 valence electrons. The van der Waals surface area contributed by atoms with E-state index < -0.39 is 10.9 Å². The van der Waals surface area contributed by atoms with Crippen molar-refractivity contribution in [3.05, 3.63) is 58.1 Å². The molecule has 0 fully saturated rings. The number of nitro groups is 1. The van der Waals surface area contributed by atoms with E-state index in [1.165, 1.54) is 26.3 Å². The van der Waals surface area contributed by atoms with Gasteiger partial charge in [-0.3, -0.25) is 20.3 Å². The number of rotatable bonds is 6. The number of nitro benzene ring substituents is 1. The third kappa shape index (κ3) is 4.29. The molecule has 0 aliphatic carbocycles. The summed E-state index contributed by atoms with van der Waals surface area (Å²) in [6, 6.07) is 11.1. The molecule has 2 rings (SSSR count). The van der Waals surface area contributed by atoms with Crippen molar-refractivity contribution < 1.29 is 19.2 Å². The Bertz CT molecular complexity index is 789. The molecule has 0 aromatic heterocycles. The number of benzene rings is 2. The lowest BCUT2D eigenvalue weighted by molar-refractivity contribution is -0.384. The fourth-order valence-electron chi connectivity index (χ4n) is 1.91. The highest BCUT2D eigenvalue weighted by molar-refractivity contribution is 5.82. The van der Waals surface area contributed by atoms with E-state index in [1.54, 1.807) is 36.4 Å². The van der Waals surface area contributed by atoms with Crippen molar-refractivity contribution in [2.45, 2.75) is 6.92 Å². The van der Waals surface area contributed by atoms with Crippen molar-refractivity contribution in [2.24, 2.45) is 5.10 Å². The summed E-state index contributed by atoms with van der Waals surface area (Å²) in [6.07, 6.45) is 1.47. The number of esters is 1. The number of carbonyl (C=O) groups is 1. The Morgan fingerprint density at radius 3 is 2.67 bits per heavy atom. The van der Waals surface area contributed by atoms with Crippen LogP contribution < -0.4 is 14.9 Å². The second-order valence-electron chi connectivity index (χ2n) is 4.65. The Kier molecular flexibility index (Phi) is 5.45. The van der Waals surface area contributed by atoms with E-state index in [1.807, 2.05) is 0 Å². The van der Waals surface area contributed by atoms with Crippen LogP contribution in [0.3, 0.4) is 0 Å². The van der Waals surface area contributed by atoms with Gasteiger partial charge in [0.05, 0.1) is 18.2 Å². The maximum atomic E-state index is 11.0. The zero-order valence-electron chi connectivity index (χ0n) is 13.1. The third-order valence-electron chi connectivity index (χ3n) is 2.94. The first-order chi connectivity index (χ1) is 11.5. The fraction of sp³-hybridized carbons (Fsp3) is 0.125. The van der Waals surface area contributed by atoms with Crippen LogP contribution in [0.25, 0.3) is 0 Å². The highest BCUT2D eigenvalue weighted by Crippen LogP contribution is 2.28. The molecule has 0 bridgehead atoms. The molecule has 0 atom stereocenters. The van der Waals surface area contributed by atoms with Crippen LogP contribution in [-0.2, 0) is 4.79 Å². The summed E-state index contributed by atoms with van der Waals surface area (Å²) in [5, 5.41) is 14.9. The molecular weight excluding hydrogens is 314 g/mol. The molecule has 0 spiro atoms. The summed E-state index contributed by atoms with van der Waals surface area (Å²) >= 11 is 0. The number of carbonyl (C=O) groups excluding carboxylic acids is 1. The van der Waals surface area contributed by atoms with Gasteiger partial charge < -0.3 is 9.47 Å². The minimum Gasteiger partial charge on any atom is -0.493 e. The van der Waals surface area contributed by atoms with E-state index in [9.17, 15) is 14.9 Å². The topological polar surface area (TPSA) is 103 Å². The van der Waals surface area contributed by atoms with Gasteiger partial charge in [-0.2, -0.15) is 5.10 Å². The molecule has 0 saturated heterocycles. The lowest BCUT2D eigenvalue weighted by Gasteiger charge is -2.08. The van der Waals surface area contributed by atoms with Gasteiger partial charge in [0.25, 0.3) is 5.69 Å². The van der Waals surface area contributed by atoms with Gasteiger partial charge in [-0.1, -0.05) is 12.1 Å². The maximum absolute atomic E-state index is 11.0. The van der Waals surface area contributed by atoms with Crippen molar-refractivity contribution in [2.75, 3.05) is 12.5 Å². The zero-order valence-corrected chi connectivity index (χ0v) is 13.1. The molecule has 2 aromatic carbocycles. The van der Waals surface area contributed by atoms with Crippen molar-refractivity contribution in [3.63, 3.8) is 0 Å². The van der Waals surface area contributed by atoms with Crippen LogP contribution in [-0.4, -0.2) is 24.2 Å². The molecule has 2 aromatic rings. The smallest absolute Gasteiger partial charge is 0.308 e. The van der Waals surface area contributed by atoms with E-state index in [-0.39, 0.29) is 11.4 Å². The standard InChI is InChI=1S/C16H15N3O5/c1-11(20)24-15-8-7-12(9-16(15)23-2)10-17-18-13-5-3-4-6-14(13)19(21)22/h3-10,18H,1-2H3/b17-10+. The number of nitrogens with zero attached hydrogens (tertiary/aromatic N) is 2. The number of hydrazone groups is 1. The average Bonchev–Trinajstić information content (AvgIpc) is 2.56. The Balaban J connectivity index is 2.15. The molecule has 8 heteroatoms. The molecule has 0 radical (unpaired) electrons. The normalized spacial score (nSPS) is 10.4. The molecule has 8 nitrogen and oxygen atoms in total. The molecule has 0 aliphatic rings. The summed E-state index contributed by atoms with van der Waals surface area (Å²) < 4.78 is 10.2. The van der Waals surface area contributed by atoms with Crippen molar-refractivity contribution in [1.82, 2.24) is 0 Å². The number of anilines is 1. The molecule has 0 heterocycles. The largest absolute Gasteiger partial charge is 0.493 e. The van der Waals surface area contributed by atoms with Gasteiger partial charge in [0.1, 0.15) is 5.69 Å². The molecule has 24 heavy (non-hydrogen) atoms. The number of hydrogen-bond donors (Lipinski definition) is 1. The minimum absolute atomic E-state index is 0.0718. The summed E-state index contributed by atoms with van der Waals surface area (Å²) in [7, 11) is 1.45. The number of hydrogen-bond acceptors (Lipinski definition) is 7. The van der Waals surface area contributed by atoms with Gasteiger partial charge in [0.15, 0.2) is 11.5 Å². The second-order valence-corrected chi connectivity index (χ2v) is 4.65. The van der Waals surface area contributed by atoms with Crippen LogP contribution in [0.4, 0.5) is 11.4 Å². The summed E-state index contributed by atoms with van der Waals surface area (Å²) in [4.78, 5) is 21.4. The third-order valence-corrected chi connectivity index (χ3v) is 2.94. The highest BCUT2D eigenvalue weighted by Gasteiger charge is 2.11. The molecular formula is C16H15N3O5. The van der Waals surface area contributed by atoms with E-state index in [0.29, 0.717) is 17.1 Å². The van der Waals surface area contributed by atoms with Crippen molar-refractivity contribution in [3.8, 4) is 11.5 Å². The Labute approximate surface area is 137 Å². The number of methoxy groups -OCH3 is 1. The minimum atomic E-state index is -0.491. The monoisotopic (exact) mass is 329 g/mol. The summed E-state index contributed by atoms with van der Waals surface area (Å²) in [5.74, 6) is 0.224. The van der Waals surface area contributed by atoms with Crippen LogP contribution in [0, 0.1) is 10.1 Å². The molecule has 0 aliphatic heterocycles. The van der Waals surface area contributed by atoms with Gasteiger partial charge in [0.2, 0.25) is 0 Å². The van der Waals surface area contributed by atoms with Gasteiger partial charge in [-0.05, 0) is 29.8 Å². The van der Waals surface area contributed by atoms with Gasteiger partial charge in [-0.25, -0.2) is 0 Å². The first-order valence-electron chi connectivity index (χ1n) is 6.90. The number of nitrogens with one attached hydrogen (secondary N) is 1. The van der Waals surface area contributed by atoms with Crippen LogP contribution in [0.5, 0.6) is 11.5 Å². The van der Waals surface area contributed by atoms with Crippen molar-refractivity contribution >= 4 is 23.6 Å². The number of para-hydroxylation sites is 2. The van der Waals surface area contributed by atoms with Crippen LogP contribution in [0.1, 0.15) is 12.5 Å². The summed E-state index contributed by atoms with van der Waals surface area (Å²) in [5.41, 5.74) is 3.50. The number of ether oxygens (including phenoxy) is 2. The maximum Gasteiger partial charge on any atom is 0.308 e. The highest BCUT2D eigenvalue weighted by atomic mass is 16.6. The van der Waals surface area contributed by atoms with Gasteiger partial charge >= 0.3 is 5.97 Å². The SMILES string of the molecule is COc1cc(/C=N/Nc2ccccc2[N+](=O)[O-])ccc1OC(C)=O. The summed E-state index contributed by atoms with van der Waals surface area (Å²) in [6.45, 7) is 1.30. The molecule has 0 unspecified atom stereocenters. The lowest BCUT2D eigenvalue weighted by Crippen LogP contribution is -2.03. The van der Waals surface area contributed by atoms with E-state index in [4.69, 9.17) is 9.47 Å². The molecule has 1 N–H and O–H groups in total. The molecule has 0 saturated carbocycles. The zero-order chi connectivity index (χ0) is 17.5. The van der Waals surface area contributed by atoms with Crippen LogP contribution >= 0.6 is 0 Å². The lowest BCUT2D eigenvalue weighted by atomic mass is 10.2. The predicted octanol–water partition coefficient (Wildman–Crippen LogP) is 2.97. The van der Waals surface area contributed by atoms with Crippen LogP contribution in [0.15, 0.2) is 47.6 Å². The van der Waals surface area contributed by atoms with Crippen molar-refractivity contribution in [1.29, 1.82) is 0 Å². The Morgan fingerprint density at radius 1 is 1.25 bits per heavy atom. The quantitative estimate of drug-likeness (QED) is 0.287. The first kappa shape index (κ1) is 16.9. The van der Waals surface area contributed by atoms with E-state index in [2.05, 4.69) is 10.5 Å². The molecule has 0 amide bonds. The average molecular weight is 329 g/mol. The van der Waals surface area contributed by atoms with E-state index in [0.717, 1.165) is 0 Å². The van der Waals surface area contributed by atoms with Gasteiger partial charge in [-0.15, -0.1) is 0 Å². The fourth-order valence-corrected chi connectivity index (χ4v) is 1.91. The first-order valence-corrected chi connectivity index (χ1v) is 6.90. The van der Waals surface area contributed by atoms with Crippen LogP contribution in [0.2, 0.25) is 0 Å².